The lowest BCUT2D eigenvalue weighted by molar-refractivity contribution is -0.870. The fourth-order valence-electron chi connectivity index (χ4n) is 1.14. The molecule has 0 saturated carbocycles. The summed E-state index contributed by atoms with van der Waals surface area (Å²) in [5.41, 5.74) is 1.24. The molecule has 2 nitrogen and oxygen atoms in total. The molecule has 86 valence electrons. The number of hydrogen-bond donors (Lipinski definition) is 0. The molecule has 0 heterocycles. The van der Waals surface area contributed by atoms with Crippen molar-refractivity contribution in [3.05, 3.63) is 29.8 Å². The van der Waals surface area contributed by atoms with Crippen LogP contribution in [0.25, 0.3) is 0 Å². The SMILES string of the molecule is Cc1cccc(OCC[N+](C)(C)C)c1.[I-]. The van der Waals surface area contributed by atoms with Crippen LogP contribution in [0.1, 0.15) is 5.56 Å². The highest BCUT2D eigenvalue weighted by Gasteiger charge is 2.06. The molecule has 0 bridgehead atoms. The maximum atomic E-state index is 5.65. The zero-order chi connectivity index (χ0) is 10.6. The van der Waals surface area contributed by atoms with E-state index in [2.05, 4.69) is 40.2 Å². The molecule has 1 rings (SSSR count). The molecule has 0 aliphatic rings. The zero-order valence-electron chi connectivity index (χ0n) is 9.96. The van der Waals surface area contributed by atoms with Crippen LogP contribution < -0.4 is 28.7 Å². The Labute approximate surface area is 110 Å². The number of aryl methyl sites for hydroxylation is 1. The summed E-state index contributed by atoms with van der Waals surface area (Å²) in [5, 5.41) is 0. The highest BCUT2D eigenvalue weighted by Crippen LogP contribution is 2.12. The highest BCUT2D eigenvalue weighted by atomic mass is 127. The molecule has 0 radical (unpaired) electrons. The molecule has 0 N–H and O–H groups in total. The van der Waals surface area contributed by atoms with Crippen molar-refractivity contribution >= 4 is 0 Å². The minimum atomic E-state index is 0. The largest absolute Gasteiger partial charge is 1.00 e. The van der Waals surface area contributed by atoms with E-state index in [1.165, 1.54) is 5.56 Å². The molecule has 0 spiro atoms. The van der Waals surface area contributed by atoms with Gasteiger partial charge in [-0.15, -0.1) is 0 Å². The van der Waals surface area contributed by atoms with Crippen molar-refractivity contribution in [2.75, 3.05) is 34.3 Å². The molecule has 1 aromatic rings. The molecule has 15 heavy (non-hydrogen) atoms. The number of quaternary nitrogens is 1. The van der Waals surface area contributed by atoms with E-state index in [0.717, 1.165) is 23.4 Å². The van der Waals surface area contributed by atoms with Crippen LogP contribution in [-0.2, 0) is 0 Å². The van der Waals surface area contributed by atoms with Gasteiger partial charge in [-0.1, -0.05) is 12.1 Å². The first-order valence-corrected chi connectivity index (χ1v) is 4.97. The average molecular weight is 321 g/mol. The second-order valence-electron chi connectivity index (χ2n) is 4.68. The zero-order valence-corrected chi connectivity index (χ0v) is 12.1. The van der Waals surface area contributed by atoms with E-state index >= 15 is 0 Å². The van der Waals surface area contributed by atoms with Gasteiger partial charge in [0.25, 0.3) is 0 Å². The van der Waals surface area contributed by atoms with Crippen molar-refractivity contribution in [1.29, 1.82) is 0 Å². The number of hydrogen-bond acceptors (Lipinski definition) is 1. The van der Waals surface area contributed by atoms with E-state index in [9.17, 15) is 0 Å². The second kappa shape index (κ2) is 6.33. The number of likely N-dealkylation sites (N-methyl/N-ethyl adjacent to an activating group) is 1. The topological polar surface area (TPSA) is 9.23 Å². The average Bonchev–Trinajstić information content (AvgIpc) is 2.01. The molecule has 0 aliphatic carbocycles. The van der Waals surface area contributed by atoms with Crippen molar-refractivity contribution in [3.8, 4) is 5.75 Å². The van der Waals surface area contributed by atoms with Gasteiger partial charge in [-0.05, 0) is 24.6 Å². The van der Waals surface area contributed by atoms with Crippen molar-refractivity contribution in [2.24, 2.45) is 0 Å². The number of halogens is 1. The van der Waals surface area contributed by atoms with E-state index in [0.29, 0.717) is 0 Å². The number of benzene rings is 1. The highest BCUT2D eigenvalue weighted by molar-refractivity contribution is 5.27. The lowest BCUT2D eigenvalue weighted by Crippen LogP contribution is -3.00. The molecule has 0 aromatic heterocycles. The third-order valence-corrected chi connectivity index (χ3v) is 2.02. The van der Waals surface area contributed by atoms with Gasteiger partial charge in [0.05, 0.1) is 21.1 Å². The monoisotopic (exact) mass is 321 g/mol. The van der Waals surface area contributed by atoms with Crippen molar-refractivity contribution in [3.63, 3.8) is 0 Å². The summed E-state index contributed by atoms with van der Waals surface area (Å²) >= 11 is 0. The van der Waals surface area contributed by atoms with E-state index in [1.54, 1.807) is 0 Å². The summed E-state index contributed by atoms with van der Waals surface area (Å²) in [6.45, 7) is 3.87. The van der Waals surface area contributed by atoms with Gasteiger partial charge in [0.2, 0.25) is 0 Å². The van der Waals surface area contributed by atoms with Crippen LogP contribution in [0.2, 0.25) is 0 Å². The molecular weight excluding hydrogens is 301 g/mol. The van der Waals surface area contributed by atoms with E-state index < -0.39 is 0 Å². The minimum absolute atomic E-state index is 0. The van der Waals surface area contributed by atoms with Crippen LogP contribution >= 0.6 is 0 Å². The summed E-state index contributed by atoms with van der Waals surface area (Å²) < 4.78 is 6.58. The van der Waals surface area contributed by atoms with Gasteiger partial charge in [-0.2, -0.15) is 0 Å². The number of ether oxygens (including phenoxy) is 1. The van der Waals surface area contributed by atoms with Crippen molar-refractivity contribution in [2.45, 2.75) is 6.92 Å². The maximum Gasteiger partial charge on any atom is 0.137 e. The fourth-order valence-corrected chi connectivity index (χ4v) is 1.14. The van der Waals surface area contributed by atoms with Crippen LogP contribution in [0.15, 0.2) is 24.3 Å². The van der Waals surface area contributed by atoms with E-state index in [-0.39, 0.29) is 24.0 Å². The molecule has 0 saturated heterocycles. The van der Waals surface area contributed by atoms with E-state index in [1.807, 2.05) is 12.1 Å². The molecule has 0 aliphatic heterocycles. The Balaban J connectivity index is 0.00000196. The summed E-state index contributed by atoms with van der Waals surface area (Å²) in [5.74, 6) is 0.971. The molecule has 0 fully saturated rings. The molecule has 0 amide bonds. The van der Waals surface area contributed by atoms with Crippen molar-refractivity contribution < 1.29 is 33.2 Å². The number of nitrogens with zero attached hydrogens (tertiary/aromatic N) is 1. The lowest BCUT2D eigenvalue weighted by Gasteiger charge is -2.23. The molecule has 1 aromatic carbocycles. The summed E-state index contributed by atoms with van der Waals surface area (Å²) in [6.07, 6.45) is 0. The first-order valence-electron chi connectivity index (χ1n) is 4.97. The summed E-state index contributed by atoms with van der Waals surface area (Å²) in [4.78, 5) is 0. The number of rotatable bonds is 4. The first kappa shape index (κ1) is 14.7. The van der Waals surface area contributed by atoms with Crippen LogP contribution in [0.4, 0.5) is 0 Å². The minimum Gasteiger partial charge on any atom is -1.00 e. The van der Waals surface area contributed by atoms with Crippen LogP contribution in [-0.4, -0.2) is 38.8 Å². The maximum absolute atomic E-state index is 5.65. The predicted octanol–water partition coefficient (Wildman–Crippen LogP) is -0.916. The lowest BCUT2D eigenvalue weighted by atomic mass is 10.2. The second-order valence-corrected chi connectivity index (χ2v) is 4.68. The van der Waals surface area contributed by atoms with Gasteiger partial charge < -0.3 is 33.2 Å². The Hall–Kier alpha value is -0.290. The smallest absolute Gasteiger partial charge is 0.137 e. The van der Waals surface area contributed by atoms with Gasteiger partial charge in [0.15, 0.2) is 0 Å². The van der Waals surface area contributed by atoms with Gasteiger partial charge >= 0.3 is 0 Å². The standard InChI is InChI=1S/C12H20NO.HI/c1-11-6-5-7-12(10-11)14-9-8-13(2,3)4;/h5-7,10H,8-9H2,1-4H3;1H/q+1;/p-1. The Morgan fingerprint density at radius 2 is 1.87 bits per heavy atom. The first-order chi connectivity index (χ1) is 6.47. The normalized spacial score (nSPS) is 10.7. The Morgan fingerprint density at radius 1 is 1.20 bits per heavy atom. The Kier molecular flexibility index (Phi) is 6.20. The summed E-state index contributed by atoms with van der Waals surface area (Å²) in [6, 6.07) is 8.17. The van der Waals surface area contributed by atoms with Crippen molar-refractivity contribution in [1.82, 2.24) is 0 Å². The van der Waals surface area contributed by atoms with Gasteiger partial charge in [0, 0.05) is 0 Å². The van der Waals surface area contributed by atoms with E-state index in [4.69, 9.17) is 4.74 Å². The Bertz CT molecular complexity index is 294. The fraction of sp³-hybridized carbons (Fsp3) is 0.500. The van der Waals surface area contributed by atoms with Gasteiger partial charge in [-0.3, -0.25) is 0 Å². The quantitative estimate of drug-likeness (QED) is 0.515. The molecule has 3 heteroatoms. The van der Waals surface area contributed by atoms with Gasteiger partial charge in [-0.25, -0.2) is 0 Å². The molecule has 0 atom stereocenters. The Morgan fingerprint density at radius 3 is 2.40 bits per heavy atom. The molecule has 0 unspecified atom stereocenters. The predicted molar refractivity (Wildman–Crippen MR) is 59.6 cm³/mol. The van der Waals surface area contributed by atoms with Crippen LogP contribution in [0.5, 0.6) is 5.75 Å². The summed E-state index contributed by atoms with van der Waals surface area (Å²) in [7, 11) is 6.50. The third-order valence-electron chi connectivity index (χ3n) is 2.02. The van der Waals surface area contributed by atoms with Crippen LogP contribution in [0, 0.1) is 6.92 Å². The molecular formula is C12H20INO. The van der Waals surface area contributed by atoms with Gasteiger partial charge in [0.1, 0.15) is 18.9 Å². The third kappa shape index (κ3) is 6.73. The van der Waals surface area contributed by atoms with Crippen LogP contribution in [0.3, 0.4) is 0 Å².